The van der Waals surface area contributed by atoms with Gasteiger partial charge in [0, 0.05) is 31.4 Å². The maximum Gasteiger partial charge on any atom is 0.133 e. The maximum atomic E-state index is 5.20. The monoisotopic (exact) mass is 309 g/mol. The minimum absolute atomic E-state index is 0.844. The molecule has 2 N–H and O–H groups in total. The summed E-state index contributed by atoms with van der Waals surface area (Å²) in [7, 11) is 1.67. The first-order valence-electron chi connectivity index (χ1n) is 5.80. The minimum atomic E-state index is 0.844. The number of H-pyrrole nitrogens is 1. The Hall–Kier alpha value is -1.33. The van der Waals surface area contributed by atoms with E-state index in [4.69, 9.17) is 4.74 Å². The van der Waals surface area contributed by atoms with E-state index in [1.165, 1.54) is 5.56 Å². The number of ether oxygens (including phenoxy) is 1. The van der Waals surface area contributed by atoms with Crippen LogP contribution < -0.4 is 10.1 Å². The van der Waals surface area contributed by atoms with Crippen molar-refractivity contribution < 1.29 is 4.74 Å². The highest BCUT2D eigenvalue weighted by atomic mass is 79.9. The predicted octanol–water partition coefficient (Wildman–Crippen LogP) is 2.51. The zero-order valence-corrected chi connectivity index (χ0v) is 11.8. The van der Waals surface area contributed by atoms with E-state index in [-0.39, 0.29) is 0 Å². The third-order valence-corrected chi connectivity index (χ3v) is 3.29. The van der Waals surface area contributed by atoms with Crippen LogP contribution in [0.2, 0.25) is 0 Å². The van der Waals surface area contributed by atoms with Gasteiger partial charge in [0.05, 0.1) is 17.9 Å². The fourth-order valence-corrected chi connectivity index (χ4v) is 2.29. The topological polar surface area (TPSA) is 49.9 Å². The molecule has 0 radical (unpaired) electrons. The van der Waals surface area contributed by atoms with Crippen LogP contribution in [0.4, 0.5) is 0 Å². The van der Waals surface area contributed by atoms with E-state index in [1.54, 1.807) is 13.4 Å². The number of halogens is 1. The molecular formula is C13H16BrN3O. The van der Waals surface area contributed by atoms with Crippen molar-refractivity contribution in [3.8, 4) is 5.75 Å². The largest absolute Gasteiger partial charge is 0.496 e. The number of nitrogens with one attached hydrogen (secondary N) is 2. The lowest BCUT2D eigenvalue weighted by molar-refractivity contribution is 0.412. The van der Waals surface area contributed by atoms with Crippen molar-refractivity contribution in [3.05, 3.63) is 46.5 Å². The summed E-state index contributed by atoms with van der Waals surface area (Å²) < 4.78 is 6.18. The molecular weight excluding hydrogens is 294 g/mol. The Morgan fingerprint density at radius 1 is 1.44 bits per heavy atom. The average Bonchev–Trinajstić information content (AvgIpc) is 2.88. The fourth-order valence-electron chi connectivity index (χ4n) is 1.70. The Morgan fingerprint density at radius 3 is 3.00 bits per heavy atom. The number of aromatic nitrogens is 2. The van der Waals surface area contributed by atoms with E-state index in [1.807, 2.05) is 12.3 Å². The molecule has 18 heavy (non-hydrogen) atoms. The molecule has 0 saturated heterocycles. The Balaban J connectivity index is 1.78. The number of rotatable bonds is 6. The van der Waals surface area contributed by atoms with Crippen LogP contribution in [-0.4, -0.2) is 23.6 Å². The van der Waals surface area contributed by atoms with Crippen molar-refractivity contribution in [3.63, 3.8) is 0 Å². The lowest BCUT2D eigenvalue weighted by Gasteiger charge is -2.07. The Bertz CT molecular complexity index is 485. The zero-order chi connectivity index (χ0) is 12.8. The highest BCUT2D eigenvalue weighted by Crippen LogP contribution is 2.25. The number of hydrogen-bond acceptors (Lipinski definition) is 3. The summed E-state index contributed by atoms with van der Waals surface area (Å²) in [4.78, 5) is 7.07. The zero-order valence-electron chi connectivity index (χ0n) is 10.2. The quantitative estimate of drug-likeness (QED) is 0.806. The molecule has 0 fully saturated rings. The average molecular weight is 310 g/mol. The van der Waals surface area contributed by atoms with Crippen LogP contribution in [0, 0.1) is 0 Å². The van der Waals surface area contributed by atoms with Crippen LogP contribution >= 0.6 is 15.9 Å². The molecule has 0 spiro atoms. The Morgan fingerprint density at radius 2 is 2.33 bits per heavy atom. The van der Waals surface area contributed by atoms with E-state index in [0.29, 0.717) is 0 Å². The highest BCUT2D eigenvalue weighted by Gasteiger charge is 2.01. The molecule has 1 aromatic carbocycles. The molecule has 0 amide bonds. The van der Waals surface area contributed by atoms with Gasteiger partial charge >= 0.3 is 0 Å². The van der Waals surface area contributed by atoms with E-state index < -0.39 is 0 Å². The summed E-state index contributed by atoms with van der Waals surface area (Å²) in [6.07, 6.45) is 4.51. The first-order chi connectivity index (χ1) is 8.79. The van der Waals surface area contributed by atoms with E-state index in [9.17, 15) is 0 Å². The predicted molar refractivity (Wildman–Crippen MR) is 74.7 cm³/mol. The molecule has 0 saturated carbocycles. The van der Waals surface area contributed by atoms with Crippen molar-refractivity contribution in [2.75, 3.05) is 13.7 Å². The number of methoxy groups -OCH3 is 1. The third kappa shape index (κ3) is 3.58. The normalized spacial score (nSPS) is 10.6. The summed E-state index contributed by atoms with van der Waals surface area (Å²) in [5.74, 6) is 0.858. The standard InChI is InChI=1S/C13H16BrN3O/c1-18-13-3-2-10(6-12(13)14)7-15-5-4-11-8-16-9-17-11/h2-3,6,8-9,15H,4-5,7H2,1H3,(H,16,17). The van der Waals surface area contributed by atoms with Gasteiger partial charge in [-0.3, -0.25) is 0 Å². The van der Waals surface area contributed by atoms with Gasteiger partial charge in [-0.2, -0.15) is 0 Å². The van der Waals surface area contributed by atoms with Gasteiger partial charge in [-0.15, -0.1) is 0 Å². The number of hydrogen-bond donors (Lipinski definition) is 2. The molecule has 0 aliphatic rings. The van der Waals surface area contributed by atoms with Gasteiger partial charge in [0.15, 0.2) is 0 Å². The number of benzene rings is 1. The summed E-state index contributed by atoms with van der Waals surface area (Å²) in [5, 5.41) is 3.40. The second-order valence-electron chi connectivity index (χ2n) is 3.97. The number of imidazole rings is 1. The maximum absolute atomic E-state index is 5.20. The van der Waals surface area contributed by atoms with Crippen molar-refractivity contribution >= 4 is 15.9 Å². The summed E-state index contributed by atoms with van der Waals surface area (Å²) in [6.45, 7) is 1.77. The molecule has 1 aromatic heterocycles. The SMILES string of the molecule is COc1ccc(CNCCc2cnc[nH]2)cc1Br. The molecule has 0 bridgehead atoms. The second-order valence-corrected chi connectivity index (χ2v) is 4.83. The second kappa shape index (κ2) is 6.56. The van der Waals surface area contributed by atoms with Crippen molar-refractivity contribution in [2.45, 2.75) is 13.0 Å². The summed E-state index contributed by atoms with van der Waals surface area (Å²) in [6, 6.07) is 6.10. The lowest BCUT2D eigenvalue weighted by atomic mass is 10.2. The molecule has 1 heterocycles. The van der Waals surface area contributed by atoms with Gasteiger partial charge in [0.1, 0.15) is 5.75 Å². The minimum Gasteiger partial charge on any atom is -0.496 e. The van der Waals surface area contributed by atoms with Gasteiger partial charge in [0.2, 0.25) is 0 Å². The molecule has 96 valence electrons. The van der Waals surface area contributed by atoms with Gasteiger partial charge in [-0.05, 0) is 33.6 Å². The molecule has 4 nitrogen and oxygen atoms in total. The van der Waals surface area contributed by atoms with E-state index in [0.717, 1.165) is 35.4 Å². The van der Waals surface area contributed by atoms with E-state index >= 15 is 0 Å². The van der Waals surface area contributed by atoms with Crippen LogP contribution in [-0.2, 0) is 13.0 Å². The molecule has 0 atom stereocenters. The van der Waals surface area contributed by atoms with Gasteiger partial charge < -0.3 is 15.0 Å². The molecule has 0 unspecified atom stereocenters. The van der Waals surface area contributed by atoms with Gasteiger partial charge in [-0.1, -0.05) is 6.07 Å². The molecule has 0 aliphatic heterocycles. The Labute approximate surface area is 115 Å². The smallest absolute Gasteiger partial charge is 0.133 e. The first kappa shape index (κ1) is 13.1. The lowest BCUT2D eigenvalue weighted by Crippen LogP contribution is -2.16. The highest BCUT2D eigenvalue weighted by molar-refractivity contribution is 9.10. The molecule has 5 heteroatoms. The Kier molecular flexibility index (Phi) is 4.78. The van der Waals surface area contributed by atoms with Crippen molar-refractivity contribution in [2.24, 2.45) is 0 Å². The van der Waals surface area contributed by atoms with Crippen molar-refractivity contribution in [1.29, 1.82) is 0 Å². The van der Waals surface area contributed by atoms with Crippen molar-refractivity contribution in [1.82, 2.24) is 15.3 Å². The number of nitrogens with zero attached hydrogens (tertiary/aromatic N) is 1. The van der Waals surface area contributed by atoms with E-state index in [2.05, 4.69) is 43.3 Å². The van der Waals surface area contributed by atoms with Crippen LogP contribution in [0.5, 0.6) is 5.75 Å². The van der Waals surface area contributed by atoms with Gasteiger partial charge in [-0.25, -0.2) is 4.98 Å². The number of aromatic amines is 1. The summed E-state index contributed by atoms with van der Waals surface area (Å²) >= 11 is 3.48. The van der Waals surface area contributed by atoms with Gasteiger partial charge in [0.25, 0.3) is 0 Å². The third-order valence-electron chi connectivity index (χ3n) is 2.67. The first-order valence-corrected chi connectivity index (χ1v) is 6.59. The summed E-state index contributed by atoms with van der Waals surface area (Å²) in [5.41, 5.74) is 2.38. The van der Waals surface area contributed by atoms with Crippen LogP contribution in [0.3, 0.4) is 0 Å². The molecule has 2 rings (SSSR count). The van der Waals surface area contributed by atoms with Crippen LogP contribution in [0.1, 0.15) is 11.3 Å². The van der Waals surface area contributed by atoms with Crippen LogP contribution in [0.25, 0.3) is 0 Å². The van der Waals surface area contributed by atoms with Crippen LogP contribution in [0.15, 0.2) is 35.2 Å². The molecule has 0 aliphatic carbocycles. The fraction of sp³-hybridized carbons (Fsp3) is 0.308. The molecule has 2 aromatic rings.